The van der Waals surface area contributed by atoms with Crippen molar-refractivity contribution in [1.82, 2.24) is 5.32 Å². The van der Waals surface area contributed by atoms with Gasteiger partial charge in [-0.2, -0.15) is 0 Å². The van der Waals surface area contributed by atoms with Crippen LogP contribution < -0.4 is 16.4 Å². The van der Waals surface area contributed by atoms with Crippen molar-refractivity contribution >= 4 is 68.1 Å². The van der Waals surface area contributed by atoms with E-state index in [9.17, 15) is 9.59 Å². The van der Waals surface area contributed by atoms with Crippen LogP contribution in [0.3, 0.4) is 0 Å². The highest BCUT2D eigenvalue weighted by Gasteiger charge is 2.27. The van der Waals surface area contributed by atoms with E-state index in [0.717, 1.165) is 24.9 Å². The van der Waals surface area contributed by atoms with Crippen molar-refractivity contribution in [3.63, 3.8) is 0 Å². The molecule has 1 aliphatic rings. The minimum atomic E-state index is -0.500. The van der Waals surface area contributed by atoms with Gasteiger partial charge in [-0.05, 0) is 82.7 Å². The Morgan fingerprint density at radius 2 is 1.65 bits per heavy atom. The molecule has 4 N–H and O–H groups in total. The second-order valence-electron chi connectivity index (χ2n) is 10.7. The number of nitrogens with one attached hydrogen (secondary N) is 2. The molecule has 230 valence electrons. The number of rotatable bonds is 12. The van der Waals surface area contributed by atoms with Gasteiger partial charge < -0.3 is 25.8 Å². The molecule has 43 heavy (non-hydrogen) atoms. The van der Waals surface area contributed by atoms with Gasteiger partial charge in [0.2, 0.25) is 0 Å². The van der Waals surface area contributed by atoms with E-state index in [1.165, 1.54) is 25.7 Å². The first-order valence-corrected chi connectivity index (χ1v) is 16.3. The van der Waals surface area contributed by atoms with Crippen molar-refractivity contribution in [3.8, 4) is 0 Å². The summed E-state index contributed by atoms with van der Waals surface area (Å²) in [5.41, 5.74) is 10.4. The number of esters is 2. The number of anilines is 3. The molecule has 0 aromatic heterocycles. The van der Waals surface area contributed by atoms with E-state index in [0.29, 0.717) is 48.6 Å². The molecule has 0 bridgehead atoms. The lowest BCUT2D eigenvalue weighted by molar-refractivity contribution is -0.143. The predicted octanol–water partition coefficient (Wildman–Crippen LogP) is 8.65. The van der Waals surface area contributed by atoms with E-state index in [-0.39, 0.29) is 25.7 Å². The first-order chi connectivity index (χ1) is 20.8. The third-order valence-electron chi connectivity index (χ3n) is 7.68. The fourth-order valence-corrected chi connectivity index (χ4v) is 6.50. The molecule has 0 aliphatic heterocycles. The zero-order valence-electron chi connectivity index (χ0n) is 24.3. The molecule has 1 saturated carbocycles. The second kappa shape index (κ2) is 16.3. The minimum absolute atomic E-state index is 0.0143. The van der Waals surface area contributed by atoms with Gasteiger partial charge >= 0.3 is 11.9 Å². The molecular weight excluding hydrogens is 653 g/mol. The third kappa shape index (κ3) is 9.11. The Hall–Kier alpha value is -2.78. The molecule has 1 unspecified atom stereocenters. The number of carbonyl (C=O) groups is 2. The largest absolute Gasteiger partial charge is 0.462 e. The maximum atomic E-state index is 13.0. The number of nitrogens with two attached hydrogens (primary N) is 1. The smallest absolute Gasteiger partial charge is 0.338 e. The summed E-state index contributed by atoms with van der Waals surface area (Å²) in [5.74, 6) is -0.505. The van der Waals surface area contributed by atoms with Gasteiger partial charge in [0, 0.05) is 16.2 Å². The van der Waals surface area contributed by atoms with Crippen molar-refractivity contribution in [2.45, 2.75) is 57.9 Å². The van der Waals surface area contributed by atoms with Crippen LogP contribution in [0.1, 0.15) is 73.0 Å². The number of ether oxygens (including phenoxy) is 2. The van der Waals surface area contributed by atoms with Crippen molar-refractivity contribution in [1.29, 1.82) is 0 Å². The molecule has 1 fully saturated rings. The van der Waals surface area contributed by atoms with E-state index >= 15 is 0 Å². The average Bonchev–Trinajstić information content (AvgIpc) is 3.28. The first-order valence-electron chi connectivity index (χ1n) is 14.7. The van der Waals surface area contributed by atoms with Gasteiger partial charge in [-0.25, -0.2) is 4.79 Å². The molecule has 3 aromatic carbocycles. The molecule has 3 aromatic rings. The van der Waals surface area contributed by atoms with Gasteiger partial charge in [0.15, 0.2) is 0 Å². The van der Waals surface area contributed by atoms with Gasteiger partial charge in [0.05, 0.1) is 33.4 Å². The summed E-state index contributed by atoms with van der Waals surface area (Å²) in [7, 11) is 0. The van der Waals surface area contributed by atoms with E-state index in [1.807, 2.05) is 30.3 Å². The van der Waals surface area contributed by atoms with Crippen molar-refractivity contribution in [2.75, 3.05) is 30.8 Å². The number of hydrogen-bond acceptors (Lipinski definition) is 7. The van der Waals surface area contributed by atoms with Crippen LogP contribution in [0.25, 0.3) is 0 Å². The van der Waals surface area contributed by atoms with E-state index < -0.39 is 11.9 Å². The summed E-state index contributed by atoms with van der Waals surface area (Å²) in [4.78, 5) is 25.6. The lowest BCUT2D eigenvalue weighted by Gasteiger charge is -2.29. The summed E-state index contributed by atoms with van der Waals surface area (Å²) in [5, 5.41) is 7.75. The summed E-state index contributed by atoms with van der Waals surface area (Å²) >= 11 is 16.1. The number of hydrogen-bond donors (Lipinski definition) is 3. The normalized spacial score (nSPS) is 14.5. The molecule has 0 amide bonds. The Labute approximate surface area is 271 Å². The predicted molar refractivity (Wildman–Crippen MR) is 177 cm³/mol. The number of para-hydroxylation sites is 2. The minimum Gasteiger partial charge on any atom is -0.462 e. The van der Waals surface area contributed by atoms with Crippen LogP contribution in [0.15, 0.2) is 59.1 Å². The number of carbonyl (C=O) groups excluding carboxylic acids is 2. The highest BCUT2D eigenvalue weighted by molar-refractivity contribution is 9.10. The van der Waals surface area contributed by atoms with Crippen LogP contribution in [0.5, 0.6) is 0 Å². The van der Waals surface area contributed by atoms with Crippen LogP contribution in [-0.4, -0.2) is 31.7 Å². The van der Waals surface area contributed by atoms with Crippen molar-refractivity contribution in [2.24, 2.45) is 5.92 Å². The van der Waals surface area contributed by atoms with Gasteiger partial charge in [-0.1, -0.05) is 80.1 Å². The SMILES string of the molecule is CCNC(c1cc(C(=O)OCCOC(=O)Cc2ccccc2Nc2c(Cl)cccc2Cl)cc(Br)c1N)C1CCCCCC1. The topological polar surface area (TPSA) is 103 Å². The molecular formula is C33H38BrCl2N3O4. The van der Waals surface area contributed by atoms with E-state index in [2.05, 4.69) is 33.5 Å². The van der Waals surface area contributed by atoms with E-state index in [1.54, 1.807) is 24.3 Å². The molecule has 1 aliphatic carbocycles. The summed E-state index contributed by atoms with van der Waals surface area (Å²) in [6.45, 7) is 2.74. The zero-order chi connectivity index (χ0) is 30.8. The molecule has 7 nitrogen and oxygen atoms in total. The van der Waals surface area contributed by atoms with Crippen LogP contribution in [0, 0.1) is 5.92 Å². The quantitative estimate of drug-likeness (QED) is 0.0757. The molecule has 0 heterocycles. The Balaban J connectivity index is 1.34. The second-order valence-corrected chi connectivity index (χ2v) is 12.3. The Bertz CT molecular complexity index is 1390. The van der Waals surface area contributed by atoms with Gasteiger partial charge in [0.25, 0.3) is 0 Å². The van der Waals surface area contributed by atoms with Gasteiger partial charge in [-0.15, -0.1) is 0 Å². The lowest BCUT2D eigenvalue weighted by Crippen LogP contribution is -2.29. The first kappa shape index (κ1) is 33.1. The Morgan fingerprint density at radius 3 is 2.35 bits per heavy atom. The van der Waals surface area contributed by atoms with E-state index in [4.69, 9.17) is 38.4 Å². The fourth-order valence-electron chi connectivity index (χ4n) is 5.54. The Kier molecular flexibility index (Phi) is 12.6. The van der Waals surface area contributed by atoms with Crippen molar-refractivity contribution in [3.05, 3.63) is 85.8 Å². The maximum absolute atomic E-state index is 13.0. The van der Waals surface area contributed by atoms with Crippen LogP contribution in [-0.2, 0) is 20.7 Å². The zero-order valence-corrected chi connectivity index (χ0v) is 27.4. The fraction of sp³-hybridized carbons (Fsp3) is 0.394. The Morgan fingerprint density at radius 1 is 0.977 bits per heavy atom. The van der Waals surface area contributed by atoms with Crippen molar-refractivity contribution < 1.29 is 19.1 Å². The molecule has 0 radical (unpaired) electrons. The number of halogens is 3. The molecule has 0 spiro atoms. The summed E-state index contributed by atoms with van der Waals surface area (Å²) in [6, 6.07) is 16.1. The third-order valence-corrected chi connectivity index (χ3v) is 8.97. The number of nitrogen functional groups attached to an aromatic ring is 1. The van der Waals surface area contributed by atoms with Gasteiger partial charge in [0.1, 0.15) is 13.2 Å². The molecule has 4 rings (SSSR count). The highest BCUT2D eigenvalue weighted by Crippen LogP contribution is 2.39. The van der Waals surface area contributed by atoms with Crippen LogP contribution in [0.2, 0.25) is 10.0 Å². The monoisotopic (exact) mass is 689 g/mol. The molecule has 0 saturated heterocycles. The summed E-state index contributed by atoms with van der Waals surface area (Å²) < 4.78 is 11.5. The summed E-state index contributed by atoms with van der Waals surface area (Å²) in [6.07, 6.45) is 7.18. The van der Waals surface area contributed by atoms with Crippen LogP contribution in [0.4, 0.5) is 17.1 Å². The molecule has 1 atom stereocenters. The molecule has 10 heteroatoms. The highest BCUT2D eigenvalue weighted by atomic mass is 79.9. The number of benzene rings is 3. The maximum Gasteiger partial charge on any atom is 0.338 e. The average molecular weight is 691 g/mol. The standard InChI is InChI=1S/C33H38BrCl2N3O4/c1-2-38-31(21-10-5-3-4-6-11-21)24-18-23(19-25(34)30(24)37)33(41)43-17-16-42-29(40)20-22-12-7-8-15-28(22)39-32-26(35)13-9-14-27(32)36/h7-9,12-15,18-19,21,31,38-39H,2-6,10-11,16-17,20,37H2,1H3. The van der Waals surface area contributed by atoms with Gasteiger partial charge in [-0.3, -0.25) is 4.79 Å². The lowest BCUT2D eigenvalue weighted by atomic mass is 9.85. The van der Waals surface area contributed by atoms with Crippen LogP contribution >= 0.6 is 39.1 Å².